The van der Waals surface area contributed by atoms with E-state index >= 15 is 0 Å². The van der Waals surface area contributed by atoms with Crippen molar-refractivity contribution in [3.63, 3.8) is 0 Å². The van der Waals surface area contributed by atoms with Crippen LogP contribution in [0.5, 0.6) is 5.75 Å². The topological polar surface area (TPSA) is 42.1 Å². The molecule has 0 bridgehead atoms. The van der Waals surface area contributed by atoms with Crippen LogP contribution in [0.1, 0.15) is 36.3 Å². The van der Waals surface area contributed by atoms with Gasteiger partial charge in [-0.25, -0.2) is 0 Å². The van der Waals surface area contributed by atoms with E-state index in [1.54, 1.807) is 7.11 Å². The lowest BCUT2D eigenvalue weighted by molar-refractivity contribution is 0.0969. The number of ketones is 1. The predicted molar refractivity (Wildman–Crippen MR) is 73.4 cm³/mol. The van der Waals surface area contributed by atoms with Crippen molar-refractivity contribution in [1.82, 2.24) is 4.98 Å². The SMILES string of the molecule is COc1ccc2[nH]c(C)c(C(=O)CC(C)C)c2c1. The number of nitrogens with one attached hydrogen (secondary N) is 1. The zero-order valence-corrected chi connectivity index (χ0v) is 11.3. The number of ether oxygens (including phenoxy) is 1. The van der Waals surface area contributed by atoms with Crippen LogP contribution in [0.3, 0.4) is 0 Å². The summed E-state index contributed by atoms with van der Waals surface area (Å²) < 4.78 is 5.22. The number of aromatic amines is 1. The van der Waals surface area contributed by atoms with Gasteiger partial charge in [-0.3, -0.25) is 4.79 Å². The summed E-state index contributed by atoms with van der Waals surface area (Å²) in [5.74, 6) is 1.34. The van der Waals surface area contributed by atoms with Gasteiger partial charge in [0.1, 0.15) is 5.75 Å². The molecule has 0 atom stereocenters. The third-order valence-electron chi connectivity index (χ3n) is 3.07. The molecule has 0 amide bonds. The Balaban J connectivity index is 2.54. The van der Waals surface area contributed by atoms with E-state index in [1.807, 2.05) is 25.1 Å². The lowest BCUT2D eigenvalue weighted by atomic mass is 9.99. The molecule has 1 aromatic carbocycles. The molecule has 2 aromatic rings. The lowest BCUT2D eigenvalue weighted by Gasteiger charge is -2.05. The molecule has 0 saturated carbocycles. The number of aromatic nitrogens is 1. The second-order valence-corrected chi connectivity index (χ2v) is 5.06. The van der Waals surface area contributed by atoms with Crippen LogP contribution in [-0.2, 0) is 0 Å². The smallest absolute Gasteiger partial charge is 0.165 e. The lowest BCUT2D eigenvalue weighted by Crippen LogP contribution is -2.04. The van der Waals surface area contributed by atoms with Crippen LogP contribution in [0.25, 0.3) is 10.9 Å². The van der Waals surface area contributed by atoms with Gasteiger partial charge >= 0.3 is 0 Å². The van der Waals surface area contributed by atoms with E-state index in [4.69, 9.17) is 4.74 Å². The van der Waals surface area contributed by atoms with Gasteiger partial charge < -0.3 is 9.72 Å². The first-order valence-electron chi connectivity index (χ1n) is 6.22. The van der Waals surface area contributed by atoms with Gasteiger partial charge in [-0.1, -0.05) is 13.8 Å². The minimum absolute atomic E-state index is 0.196. The van der Waals surface area contributed by atoms with Gasteiger partial charge in [0, 0.05) is 28.6 Å². The van der Waals surface area contributed by atoms with Gasteiger partial charge in [0.05, 0.1) is 7.11 Å². The highest BCUT2D eigenvalue weighted by Crippen LogP contribution is 2.27. The van der Waals surface area contributed by atoms with E-state index in [2.05, 4.69) is 18.8 Å². The normalized spacial score (nSPS) is 11.2. The number of Topliss-reactive ketones (excluding diaryl/α,β-unsaturated/α-hetero) is 1. The Kier molecular flexibility index (Phi) is 3.41. The van der Waals surface area contributed by atoms with Gasteiger partial charge in [-0.05, 0) is 31.0 Å². The predicted octanol–water partition coefficient (Wildman–Crippen LogP) is 3.71. The van der Waals surface area contributed by atoms with Crippen molar-refractivity contribution in [3.05, 3.63) is 29.5 Å². The minimum atomic E-state index is 0.196. The van der Waals surface area contributed by atoms with Gasteiger partial charge in [-0.2, -0.15) is 0 Å². The molecule has 3 heteroatoms. The van der Waals surface area contributed by atoms with Crippen molar-refractivity contribution < 1.29 is 9.53 Å². The highest BCUT2D eigenvalue weighted by atomic mass is 16.5. The fourth-order valence-electron chi connectivity index (χ4n) is 2.26. The Morgan fingerprint density at radius 2 is 2.11 bits per heavy atom. The molecule has 0 aliphatic rings. The molecule has 0 radical (unpaired) electrons. The van der Waals surface area contributed by atoms with E-state index in [-0.39, 0.29) is 5.78 Å². The maximum Gasteiger partial charge on any atom is 0.165 e. The summed E-state index contributed by atoms with van der Waals surface area (Å²) >= 11 is 0. The quantitative estimate of drug-likeness (QED) is 0.834. The van der Waals surface area contributed by atoms with Crippen LogP contribution in [0.2, 0.25) is 0 Å². The molecule has 18 heavy (non-hydrogen) atoms. The first-order chi connectivity index (χ1) is 8.52. The molecule has 96 valence electrons. The van der Waals surface area contributed by atoms with Gasteiger partial charge in [0.25, 0.3) is 0 Å². The van der Waals surface area contributed by atoms with Crippen molar-refractivity contribution >= 4 is 16.7 Å². The summed E-state index contributed by atoms with van der Waals surface area (Å²) in [6, 6.07) is 5.77. The molecule has 0 aliphatic carbocycles. The van der Waals surface area contributed by atoms with Gasteiger partial charge in [-0.15, -0.1) is 0 Å². The van der Waals surface area contributed by atoms with Crippen molar-refractivity contribution in [2.75, 3.05) is 7.11 Å². The third-order valence-corrected chi connectivity index (χ3v) is 3.07. The Hall–Kier alpha value is -1.77. The Labute approximate surface area is 107 Å². The minimum Gasteiger partial charge on any atom is -0.497 e. The molecule has 0 saturated heterocycles. The first kappa shape index (κ1) is 12.7. The molecule has 2 rings (SSSR count). The number of fused-ring (bicyclic) bond motifs is 1. The Bertz CT molecular complexity index is 581. The van der Waals surface area contributed by atoms with Crippen LogP contribution in [0.4, 0.5) is 0 Å². The van der Waals surface area contributed by atoms with Crippen molar-refractivity contribution in [2.24, 2.45) is 5.92 Å². The fourth-order valence-corrected chi connectivity index (χ4v) is 2.26. The summed E-state index contributed by atoms with van der Waals surface area (Å²) in [7, 11) is 1.64. The number of hydrogen-bond acceptors (Lipinski definition) is 2. The van der Waals surface area contributed by atoms with Crippen molar-refractivity contribution in [1.29, 1.82) is 0 Å². The molecule has 3 nitrogen and oxygen atoms in total. The molecule has 0 spiro atoms. The summed E-state index contributed by atoms with van der Waals surface area (Å²) in [6.45, 7) is 6.06. The zero-order valence-electron chi connectivity index (χ0n) is 11.3. The van der Waals surface area contributed by atoms with Crippen LogP contribution in [-0.4, -0.2) is 17.9 Å². The molecule has 1 aromatic heterocycles. The number of H-pyrrole nitrogens is 1. The molecule has 0 aliphatic heterocycles. The number of benzene rings is 1. The van der Waals surface area contributed by atoms with Crippen LogP contribution in [0.15, 0.2) is 18.2 Å². The van der Waals surface area contributed by atoms with E-state index in [0.717, 1.165) is 27.9 Å². The average Bonchev–Trinajstić information content (AvgIpc) is 2.62. The molecular formula is C15H19NO2. The van der Waals surface area contributed by atoms with Crippen LogP contribution < -0.4 is 4.74 Å². The monoisotopic (exact) mass is 245 g/mol. The number of rotatable bonds is 4. The second kappa shape index (κ2) is 4.84. The van der Waals surface area contributed by atoms with Gasteiger partial charge in [0.15, 0.2) is 5.78 Å². The summed E-state index contributed by atoms with van der Waals surface area (Å²) in [4.78, 5) is 15.5. The third kappa shape index (κ3) is 2.26. The van der Waals surface area contributed by atoms with Crippen molar-refractivity contribution in [2.45, 2.75) is 27.2 Å². The molecule has 0 fully saturated rings. The number of carbonyl (C=O) groups excluding carboxylic acids is 1. The van der Waals surface area contributed by atoms with Crippen molar-refractivity contribution in [3.8, 4) is 5.75 Å². The molecule has 1 N–H and O–H groups in total. The zero-order chi connectivity index (χ0) is 13.3. The summed E-state index contributed by atoms with van der Waals surface area (Å²) in [5, 5.41) is 0.956. The highest BCUT2D eigenvalue weighted by Gasteiger charge is 2.17. The maximum atomic E-state index is 12.3. The number of hydrogen-bond donors (Lipinski definition) is 1. The van der Waals surface area contributed by atoms with Gasteiger partial charge in [0.2, 0.25) is 0 Å². The maximum absolute atomic E-state index is 12.3. The van der Waals surface area contributed by atoms with E-state index in [9.17, 15) is 4.79 Å². The average molecular weight is 245 g/mol. The first-order valence-corrected chi connectivity index (χ1v) is 6.22. The summed E-state index contributed by atoms with van der Waals surface area (Å²) in [6.07, 6.45) is 0.574. The number of carbonyl (C=O) groups is 1. The van der Waals surface area contributed by atoms with E-state index in [0.29, 0.717) is 12.3 Å². The summed E-state index contributed by atoms with van der Waals surface area (Å²) in [5.41, 5.74) is 2.72. The number of aryl methyl sites for hydroxylation is 1. The number of methoxy groups -OCH3 is 1. The molecular weight excluding hydrogens is 226 g/mol. The second-order valence-electron chi connectivity index (χ2n) is 5.06. The standard InChI is InChI=1S/C15H19NO2/c1-9(2)7-14(17)15-10(3)16-13-6-5-11(18-4)8-12(13)15/h5-6,8-9,16H,7H2,1-4H3. The van der Waals surface area contributed by atoms with Crippen LogP contribution in [0, 0.1) is 12.8 Å². The molecule has 1 heterocycles. The van der Waals surface area contributed by atoms with E-state index < -0.39 is 0 Å². The molecule has 0 unspecified atom stereocenters. The highest BCUT2D eigenvalue weighted by molar-refractivity contribution is 6.09. The van der Waals surface area contributed by atoms with Crippen LogP contribution >= 0.6 is 0 Å². The fraction of sp³-hybridized carbons (Fsp3) is 0.400. The van der Waals surface area contributed by atoms with E-state index in [1.165, 1.54) is 0 Å². The Morgan fingerprint density at radius 1 is 1.39 bits per heavy atom. The largest absolute Gasteiger partial charge is 0.497 e. The Morgan fingerprint density at radius 3 is 2.72 bits per heavy atom.